The maximum Gasteiger partial charge on any atom is 0.163 e. The van der Waals surface area contributed by atoms with Crippen LogP contribution in [0.3, 0.4) is 0 Å². The van der Waals surface area contributed by atoms with Crippen LogP contribution in [-0.4, -0.2) is 10.9 Å². The molecule has 0 atom stereocenters. The molecule has 2 rings (SSSR count). The minimum Gasteiger partial charge on any atom is -0.507 e. The summed E-state index contributed by atoms with van der Waals surface area (Å²) in [4.78, 5) is 11.4. The van der Waals surface area contributed by atoms with Gasteiger partial charge in [-0.25, -0.2) is 0 Å². The summed E-state index contributed by atoms with van der Waals surface area (Å²) in [6, 6.07) is 13.9. The average molecular weight is 254 g/mol. The van der Waals surface area contributed by atoms with Crippen LogP contribution in [0.5, 0.6) is 5.75 Å². The van der Waals surface area contributed by atoms with Crippen molar-refractivity contribution in [2.24, 2.45) is 0 Å². The van der Waals surface area contributed by atoms with Crippen LogP contribution >= 0.6 is 0 Å². The zero-order chi connectivity index (χ0) is 13.8. The fraction of sp³-hybridized carbons (Fsp3) is 0.235. The third-order valence-corrected chi connectivity index (χ3v) is 3.27. The zero-order valence-electron chi connectivity index (χ0n) is 11.3. The van der Waals surface area contributed by atoms with E-state index in [4.69, 9.17) is 0 Å². The van der Waals surface area contributed by atoms with Crippen LogP contribution in [0.1, 0.15) is 34.0 Å². The summed E-state index contributed by atoms with van der Waals surface area (Å²) in [7, 11) is 0. The van der Waals surface area contributed by atoms with Crippen molar-refractivity contribution in [3.8, 4) is 5.75 Å². The normalized spacial score (nSPS) is 10.4. The highest BCUT2D eigenvalue weighted by Gasteiger charge is 2.11. The summed E-state index contributed by atoms with van der Waals surface area (Å²) in [5.41, 5.74) is 3.61. The molecule has 1 N–H and O–H groups in total. The van der Waals surface area contributed by atoms with Gasteiger partial charge in [0.15, 0.2) is 5.78 Å². The molecule has 0 aliphatic carbocycles. The Hall–Kier alpha value is -2.09. The van der Waals surface area contributed by atoms with E-state index in [1.54, 1.807) is 6.07 Å². The van der Waals surface area contributed by atoms with Gasteiger partial charge in [-0.1, -0.05) is 36.4 Å². The number of carbonyl (C=O) groups is 1. The van der Waals surface area contributed by atoms with Crippen molar-refractivity contribution in [2.45, 2.75) is 26.7 Å². The molecule has 0 heterocycles. The highest BCUT2D eigenvalue weighted by molar-refractivity contribution is 5.98. The van der Waals surface area contributed by atoms with E-state index in [0.717, 1.165) is 24.0 Å². The second-order valence-electron chi connectivity index (χ2n) is 4.85. The second kappa shape index (κ2) is 5.70. The number of phenolic OH excluding ortho intramolecular Hbond substituents is 1. The number of hydrogen-bond acceptors (Lipinski definition) is 2. The first-order valence-electron chi connectivity index (χ1n) is 6.45. The largest absolute Gasteiger partial charge is 0.507 e. The van der Waals surface area contributed by atoms with Crippen LogP contribution in [-0.2, 0) is 12.8 Å². The van der Waals surface area contributed by atoms with Crippen LogP contribution in [0.2, 0.25) is 0 Å². The van der Waals surface area contributed by atoms with E-state index >= 15 is 0 Å². The number of rotatable bonds is 4. The lowest BCUT2D eigenvalue weighted by atomic mass is 9.97. The Bertz CT molecular complexity index is 562. The summed E-state index contributed by atoms with van der Waals surface area (Å²) in [6.45, 7) is 3.34. The number of aromatic hydroxyl groups is 1. The predicted octanol–water partition coefficient (Wildman–Crippen LogP) is 3.69. The monoisotopic (exact) mass is 254 g/mol. The molecule has 0 saturated heterocycles. The number of Topliss-reactive ketones (excluding diaryl/α,β-unsaturated/α-hetero) is 1. The third kappa shape index (κ3) is 3.22. The van der Waals surface area contributed by atoms with Crippen LogP contribution < -0.4 is 0 Å². The molecule has 2 heteroatoms. The summed E-state index contributed by atoms with van der Waals surface area (Å²) < 4.78 is 0. The molecule has 0 spiro atoms. The van der Waals surface area contributed by atoms with Gasteiger partial charge >= 0.3 is 0 Å². The molecule has 0 amide bonds. The van der Waals surface area contributed by atoms with E-state index in [2.05, 4.69) is 12.1 Å². The Labute approximate surface area is 113 Å². The van der Waals surface area contributed by atoms with Gasteiger partial charge in [-0.15, -0.1) is 0 Å². The van der Waals surface area contributed by atoms with Gasteiger partial charge in [0, 0.05) is 0 Å². The molecule has 0 aromatic heterocycles. The molecule has 0 saturated carbocycles. The van der Waals surface area contributed by atoms with E-state index in [9.17, 15) is 9.90 Å². The standard InChI is InChI=1S/C17H18O2/c1-12-10-15(11-16(19)17(12)13(2)18)9-8-14-6-4-3-5-7-14/h3-7,10-11,19H,8-9H2,1-2H3. The first-order chi connectivity index (χ1) is 9.08. The van der Waals surface area contributed by atoms with E-state index < -0.39 is 0 Å². The van der Waals surface area contributed by atoms with Crippen molar-refractivity contribution in [2.75, 3.05) is 0 Å². The first-order valence-corrected chi connectivity index (χ1v) is 6.45. The van der Waals surface area contributed by atoms with Gasteiger partial charge in [-0.3, -0.25) is 4.79 Å². The first kappa shape index (κ1) is 13.3. The number of carbonyl (C=O) groups excluding carboxylic acids is 1. The quantitative estimate of drug-likeness (QED) is 0.845. The number of hydrogen-bond donors (Lipinski definition) is 1. The maximum atomic E-state index is 11.4. The van der Waals surface area contributed by atoms with Crippen molar-refractivity contribution in [1.29, 1.82) is 0 Å². The summed E-state index contributed by atoms with van der Waals surface area (Å²) >= 11 is 0. The zero-order valence-corrected chi connectivity index (χ0v) is 11.3. The van der Waals surface area contributed by atoms with Crippen LogP contribution in [0, 0.1) is 6.92 Å². The number of ketones is 1. The van der Waals surface area contributed by atoms with E-state index in [1.165, 1.54) is 12.5 Å². The molecule has 0 aliphatic heterocycles. The average Bonchev–Trinajstić information content (AvgIpc) is 2.36. The second-order valence-corrected chi connectivity index (χ2v) is 4.85. The van der Waals surface area contributed by atoms with Crippen molar-refractivity contribution in [1.82, 2.24) is 0 Å². The van der Waals surface area contributed by atoms with Gasteiger partial charge in [0.1, 0.15) is 5.75 Å². The van der Waals surface area contributed by atoms with Crippen molar-refractivity contribution < 1.29 is 9.90 Å². The minimum absolute atomic E-state index is 0.0930. The van der Waals surface area contributed by atoms with Crippen molar-refractivity contribution >= 4 is 5.78 Å². The minimum atomic E-state index is -0.0930. The molecule has 98 valence electrons. The summed E-state index contributed by atoms with van der Waals surface area (Å²) in [5, 5.41) is 9.92. The van der Waals surface area contributed by atoms with Crippen LogP contribution in [0.15, 0.2) is 42.5 Å². The molecule has 0 unspecified atom stereocenters. The Kier molecular flexibility index (Phi) is 4.00. The number of benzene rings is 2. The molecule has 2 aromatic carbocycles. The molecule has 2 aromatic rings. The van der Waals surface area contributed by atoms with E-state index in [0.29, 0.717) is 5.56 Å². The Morgan fingerprint density at radius 1 is 1.05 bits per heavy atom. The number of phenols is 1. The topological polar surface area (TPSA) is 37.3 Å². The summed E-state index contributed by atoms with van der Waals surface area (Å²) in [5.74, 6) is 0.000158. The predicted molar refractivity (Wildman–Crippen MR) is 76.7 cm³/mol. The Morgan fingerprint density at radius 3 is 2.26 bits per heavy atom. The van der Waals surface area contributed by atoms with Gasteiger partial charge in [-0.05, 0) is 49.4 Å². The Balaban J connectivity index is 2.16. The lowest BCUT2D eigenvalue weighted by Gasteiger charge is -2.09. The molecule has 0 fully saturated rings. The van der Waals surface area contributed by atoms with E-state index in [1.807, 2.05) is 31.2 Å². The lowest BCUT2D eigenvalue weighted by Crippen LogP contribution is -1.99. The van der Waals surface area contributed by atoms with Crippen LogP contribution in [0.25, 0.3) is 0 Å². The van der Waals surface area contributed by atoms with Gasteiger partial charge < -0.3 is 5.11 Å². The fourth-order valence-corrected chi connectivity index (χ4v) is 2.38. The van der Waals surface area contributed by atoms with Gasteiger partial charge in [-0.2, -0.15) is 0 Å². The van der Waals surface area contributed by atoms with Gasteiger partial charge in [0.25, 0.3) is 0 Å². The highest BCUT2D eigenvalue weighted by atomic mass is 16.3. The maximum absolute atomic E-state index is 11.4. The molecule has 2 nitrogen and oxygen atoms in total. The third-order valence-electron chi connectivity index (χ3n) is 3.27. The molecule has 19 heavy (non-hydrogen) atoms. The molecular formula is C17H18O2. The van der Waals surface area contributed by atoms with Crippen molar-refractivity contribution in [3.63, 3.8) is 0 Å². The molecule has 0 aliphatic rings. The highest BCUT2D eigenvalue weighted by Crippen LogP contribution is 2.24. The molecule has 0 bridgehead atoms. The SMILES string of the molecule is CC(=O)c1c(C)cc(CCc2ccccc2)cc1O. The molecular weight excluding hydrogens is 236 g/mol. The fourth-order valence-electron chi connectivity index (χ4n) is 2.38. The smallest absolute Gasteiger partial charge is 0.163 e. The Morgan fingerprint density at radius 2 is 1.68 bits per heavy atom. The van der Waals surface area contributed by atoms with Crippen molar-refractivity contribution in [3.05, 3.63) is 64.7 Å². The summed E-state index contributed by atoms with van der Waals surface area (Å²) in [6.07, 6.45) is 1.79. The van der Waals surface area contributed by atoms with Crippen LogP contribution in [0.4, 0.5) is 0 Å². The van der Waals surface area contributed by atoms with E-state index in [-0.39, 0.29) is 11.5 Å². The molecule has 0 radical (unpaired) electrons. The number of aryl methyl sites for hydroxylation is 3. The lowest BCUT2D eigenvalue weighted by molar-refractivity contribution is 0.101. The van der Waals surface area contributed by atoms with Gasteiger partial charge in [0.2, 0.25) is 0 Å². The van der Waals surface area contributed by atoms with Gasteiger partial charge in [0.05, 0.1) is 5.56 Å².